The number of ketones is 1. The molecule has 1 aromatic heterocycles. The Hall–Kier alpha value is -0.420. The van der Waals surface area contributed by atoms with E-state index in [1.165, 1.54) is 11.3 Å². The van der Waals surface area contributed by atoms with Gasteiger partial charge in [0.1, 0.15) is 0 Å². The first-order chi connectivity index (χ1) is 7.69. The van der Waals surface area contributed by atoms with Gasteiger partial charge in [-0.15, -0.1) is 11.3 Å². The molecular formula is C11H14ClNO2S. The van der Waals surface area contributed by atoms with Crippen LogP contribution in [0.4, 0.5) is 0 Å². The predicted octanol–water partition coefficient (Wildman–Crippen LogP) is 2.30. The van der Waals surface area contributed by atoms with Crippen molar-refractivity contribution in [3.05, 3.63) is 21.3 Å². The van der Waals surface area contributed by atoms with Gasteiger partial charge in [0, 0.05) is 20.2 Å². The van der Waals surface area contributed by atoms with Crippen molar-refractivity contribution < 1.29 is 9.53 Å². The Balaban J connectivity index is 1.89. The summed E-state index contributed by atoms with van der Waals surface area (Å²) in [5, 5.41) is 0. The fourth-order valence-electron chi connectivity index (χ4n) is 1.88. The van der Waals surface area contributed by atoms with Crippen molar-refractivity contribution >= 4 is 28.7 Å². The van der Waals surface area contributed by atoms with Crippen LogP contribution in [-0.2, 0) is 4.74 Å². The summed E-state index contributed by atoms with van der Waals surface area (Å²) in [7, 11) is 1.72. The van der Waals surface area contributed by atoms with Gasteiger partial charge in [-0.3, -0.25) is 9.69 Å². The van der Waals surface area contributed by atoms with Gasteiger partial charge < -0.3 is 4.74 Å². The van der Waals surface area contributed by atoms with E-state index in [0.29, 0.717) is 10.9 Å². The van der Waals surface area contributed by atoms with Crippen molar-refractivity contribution in [2.24, 2.45) is 0 Å². The number of methoxy groups -OCH3 is 1. The fourth-order valence-corrected chi connectivity index (χ4v) is 2.85. The van der Waals surface area contributed by atoms with Crippen LogP contribution in [0.2, 0.25) is 4.34 Å². The van der Waals surface area contributed by atoms with Crippen LogP contribution in [0.15, 0.2) is 12.1 Å². The number of rotatable bonds is 4. The van der Waals surface area contributed by atoms with Crippen molar-refractivity contribution in [3.8, 4) is 0 Å². The highest BCUT2D eigenvalue weighted by Gasteiger charge is 2.24. The third-order valence-electron chi connectivity index (χ3n) is 2.78. The molecule has 0 spiro atoms. The first kappa shape index (κ1) is 12.0. The topological polar surface area (TPSA) is 29.5 Å². The molecule has 0 saturated carbocycles. The molecule has 0 aliphatic carbocycles. The maximum Gasteiger partial charge on any atom is 0.186 e. The summed E-state index contributed by atoms with van der Waals surface area (Å²) in [5.74, 6) is 0.147. The summed E-state index contributed by atoms with van der Waals surface area (Å²) in [4.78, 5) is 14.7. The zero-order valence-corrected chi connectivity index (χ0v) is 10.7. The number of likely N-dealkylation sites (tertiary alicyclic amines) is 1. The molecule has 16 heavy (non-hydrogen) atoms. The third kappa shape index (κ3) is 2.83. The van der Waals surface area contributed by atoms with Crippen molar-refractivity contribution in [3.63, 3.8) is 0 Å². The van der Waals surface area contributed by atoms with E-state index in [0.717, 1.165) is 24.4 Å². The molecule has 1 aliphatic rings. The predicted molar refractivity (Wildman–Crippen MR) is 65.5 cm³/mol. The monoisotopic (exact) mass is 259 g/mol. The summed E-state index contributed by atoms with van der Waals surface area (Å²) in [6.07, 6.45) is 1.29. The number of Topliss-reactive ketones (excluding diaryl/α,β-unsaturated/α-hetero) is 1. The first-order valence-corrected chi connectivity index (χ1v) is 6.42. The molecular weight excluding hydrogens is 246 g/mol. The molecule has 2 rings (SSSR count). The zero-order valence-electron chi connectivity index (χ0n) is 9.11. The fraction of sp³-hybridized carbons (Fsp3) is 0.545. The van der Waals surface area contributed by atoms with Crippen LogP contribution < -0.4 is 0 Å². The molecule has 1 saturated heterocycles. The van der Waals surface area contributed by atoms with E-state index in [9.17, 15) is 4.79 Å². The molecule has 5 heteroatoms. The van der Waals surface area contributed by atoms with E-state index in [1.807, 2.05) is 0 Å². The maximum absolute atomic E-state index is 11.9. The van der Waals surface area contributed by atoms with E-state index in [2.05, 4.69) is 4.90 Å². The van der Waals surface area contributed by atoms with Crippen molar-refractivity contribution in [1.29, 1.82) is 0 Å². The van der Waals surface area contributed by atoms with E-state index in [-0.39, 0.29) is 11.9 Å². The normalized spacial score (nSPS) is 21.5. The molecule has 2 heterocycles. The minimum absolute atomic E-state index is 0.147. The number of hydrogen-bond donors (Lipinski definition) is 0. The number of carbonyl (C=O) groups excluding carboxylic acids is 1. The second-order valence-corrected chi connectivity index (χ2v) is 5.62. The second kappa shape index (κ2) is 5.27. The molecule has 0 bridgehead atoms. The van der Waals surface area contributed by atoms with Crippen LogP contribution in [0, 0.1) is 0 Å². The molecule has 0 N–H and O–H groups in total. The number of thiophene rings is 1. The molecule has 1 fully saturated rings. The molecule has 1 aliphatic heterocycles. The molecule has 0 radical (unpaired) electrons. The van der Waals surface area contributed by atoms with Crippen molar-refractivity contribution in [2.45, 2.75) is 12.5 Å². The lowest BCUT2D eigenvalue weighted by Crippen LogP contribution is -2.28. The molecule has 1 unspecified atom stereocenters. The molecule has 3 nitrogen and oxygen atoms in total. The Morgan fingerprint density at radius 3 is 3.06 bits per heavy atom. The van der Waals surface area contributed by atoms with Gasteiger partial charge in [-0.25, -0.2) is 0 Å². The Morgan fingerprint density at radius 1 is 1.69 bits per heavy atom. The third-order valence-corrected chi connectivity index (χ3v) is 4.05. The lowest BCUT2D eigenvalue weighted by molar-refractivity contribution is 0.0902. The smallest absolute Gasteiger partial charge is 0.186 e. The molecule has 88 valence electrons. The largest absolute Gasteiger partial charge is 0.380 e. The Morgan fingerprint density at radius 2 is 2.50 bits per heavy atom. The Bertz CT molecular complexity index is 380. The number of hydrogen-bond acceptors (Lipinski definition) is 4. The van der Waals surface area contributed by atoms with E-state index in [1.54, 1.807) is 19.2 Å². The van der Waals surface area contributed by atoms with Crippen LogP contribution in [0.25, 0.3) is 0 Å². The number of carbonyl (C=O) groups is 1. The van der Waals surface area contributed by atoms with Gasteiger partial charge in [0.05, 0.1) is 21.9 Å². The SMILES string of the molecule is COC1CCN(CC(=O)c2ccc(Cl)s2)C1. The summed E-state index contributed by atoms with van der Waals surface area (Å²) in [6.45, 7) is 2.25. The van der Waals surface area contributed by atoms with Gasteiger partial charge in [-0.1, -0.05) is 11.6 Å². The van der Waals surface area contributed by atoms with E-state index < -0.39 is 0 Å². The van der Waals surface area contributed by atoms with Gasteiger partial charge in [0.2, 0.25) is 0 Å². The number of halogens is 1. The van der Waals surface area contributed by atoms with Crippen molar-refractivity contribution in [1.82, 2.24) is 4.90 Å². The average Bonchev–Trinajstić information content (AvgIpc) is 2.87. The minimum atomic E-state index is 0.147. The van der Waals surface area contributed by atoms with Crippen LogP contribution in [-0.4, -0.2) is 43.5 Å². The zero-order chi connectivity index (χ0) is 11.5. The van der Waals surface area contributed by atoms with Gasteiger partial charge in [-0.2, -0.15) is 0 Å². The average molecular weight is 260 g/mol. The van der Waals surface area contributed by atoms with Gasteiger partial charge in [0.15, 0.2) is 5.78 Å². The van der Waals surface area contributed by atoms with Gasteiger partial charge in [-0.05, 0) is 18.6 Å². The number of ether oxygens (including phenoxy) is 1. The highest BCUT2D eigenvalue weighted by atomic mass is 35.5. The molecule has 0 amide bonds. The minimum Gasteiger partial charge on any atom is -0.380 e. The van der Waals surface area contributed by atoms with Crippen LogP contribution in [0.1, 0.15) is 16.1 Å². The van der Waals surface area contributed by atoms with Crippen LogP contribution in [0.3, 0.4) is 0 Å². The Labute approximate surface area is 104 Å². The molecule has 1 aromatic rings. The lowest BCUT2D eigenvalue weighted by atomic mass is 10.3. The quantitative estimate of drug-likeness (QED) is 0.777. The van der Waals surface area contributed by atoms with Gasteiger partial charge in [0.25, 0.3) is 0 Å². The summed E-state index contributed by atoms with van der Waals surface area (Å²) < 4.78 is 5.93. The summed E-state index contributed by atoms with van der Waals surface area (Å²) >= 11 is 7.14. The first-order valence-electron chi connectivity index (χ1n) is 5.22. The van der Waals surface area contributed by atoms with Gasteiger partial charge >= 0.3 is 0 Å². The van der Waals surface area contributed by atoms with E-state index in [4.69, 9.17) is 16.3 Å². The Kier molecular flexibility index (Phi) is 3.97. The second-order valence-electron chi connectivity index (χ2n) is 3.91. The maximum atomic E-state index is 11.9. The van der Waals surface area contributed by atoms with Crippen LogP contribution >= 0.6 is 22.9 Å². The van der Waals surface area contributed by atoms with E-state index >= 15 is 0 Å². The summed E-state index contributed by atoms with van der Waals surface area (Å²) in [5.41, 5.74) is 0. The highest BCUT2D eigenvalue weighted by Crippen LogP contribution is 2.22. The molecule has 0 aromatic carbocycles. The highest BCUT2D eigenvalue weighted by molar-refractivity contribution is 7.18. The van der Waals surface area contributed by atoms with Crippen molar-refractivity contribution in [2.75, 3.05) is 26.7 Å². The lowest BCUT2D eigenvalue weighted by Gasteiger charge is -2.13. The standard InChI is InChI=1S/C11H14ClNO2S/c1-15-8-4-5-13(6-8)7-9(14)10-2-3-11(12)16-10/h2-3,8H,4-7H2,1H3. The molecule has 1 atom stereocenters. The summed E-state index contributed by atoms with van der Waals surface area (Å²) in [6, 6.07) is 3.56. The number of nitrogens with zero attached hydrogens (tertiary/aromatic N) is 1. The van der Waals surface area contributed by atoms with Crippen LogP contribution in [0.5, 0.6) is 0 Å².